The first-order valence-corrected chi connectivity index (χ1v) is 9.23. The fourth-order valence-corrected chi connectivity index (χ4v) is 3.05. The Balaban J connectivity index is 2.54. The van der Waals surface area contributed by atoms with Crippen molar-refractivity contribution in [1.29, 1.82) is 0 Å². The van der Waals surface area contributed by atoms with Crippen LogP contribution < -0.4 is 14.8 Å². The number of hydrogen-bond donors (Lipinski definition) is 2. The van der Waals surface area contributed by atoms with E-state index in [0.717, 1.165) is 0 Å². The molecule has 24 heavy (non-hydrogen) atoms. The molecule has 0 fully saturated rings. The topological polar surface area (TPSA) is 93.7 Å². The van der Waals surface area contributed by atoms with Crippen LogP contribution >= 0.6 is 0 Å². The van der Waals surface area contributed by atoms with Crippen LogP contribution in [0.1, 0.15) is 20.8 Å². The maximum absolute atomic E-state index is 12.1. The Hall–Kier alpha value is -1.64. The molecule has 7 nitrogen and oxygen atoms in total. The number of ether oxygens (including phenoxy) is 2. The molecule has 8 heteroatoms. The van der Waals surface area contributed by atoms with Gasteiger partial charge < -0.3 is 14.8 Å². The first-order chi connectivity index (χ1) is 11.2. The molecule has 1 aromatic rings. The summed E-state index contributed by atoms with van der Waals surface area (Å²) in [6.45, 7) is 6.33. The van der Waals surface area contributed by atoms with E-state index in [0.29, 0.717) is 18.9 Å². The van der Waals surface area contributed by atoms with Crippen LogP contribution in [0.15, 0.2) is 29.2 Å². The highest BCUT2D eigenvalue weighted by Crippen LogP contribution is 2.16. The highest BCUT2D eigenvalue weighted by molar-refractivity contribution is 7.89. The lowest BCUT2D eigenvalue weighted by Crippen LogP contribution is -2.38. The molecule has 0 unspecified atom stereocenters. The van der Waals surface area contributed by atoms with Crippen molar-refractivity contribution in [3.63, 3.8) is 0 Å². The third kappa shape index (κ3) is 7.29. The molecule has 0 bridgehead atoms. The van der Waals surface area contributed by atoms with Crippen molar-refractivity contribution < 1.29 is 22.7 Å². The SMILES string of the molecule is COC[C@@H](C)NC(=O)COc1ccc(S(=O)(=O)NCC(C)C)cc1. The molecule has 0 aliphatic rings. The van der Waals surface area contributed by atoms with Crippen LogP contribution in [0.4, 0.5) is 0 Å². The smallest absolute Gasteiger partial charge is 0.258 e. The summed E-state index contributed by atoms with van der Waals surface area (Å²) in [7, 11) is -1.96. The van der Waals surface area contributed by atoms with E-state index in [-0.39, 0.29) is 29.4 Å². The van der Waals surface area contributed by atoms with Gasteiger partial charge in [-0.25, -0.2) is 13.1 Å². The summed E-state index contributed by atoms with van der Waals surface area (Å²) in [5.74, 6) is 0.378. The Morgan fingerprint density at radius 3 is 2.33 bits per heavy atom. The highest BCUT2D eigenvalue weighted by atomic mass is 32.2. The number of hydrogen-bond acceptors (Lipinski definition) is 5. The molecule has 0 aromatic heterocycles. The van der Waals surface area contributed by atoms with Gasteiger partial charge in [-0.2, -0.15) is 0 Å². The Morgan fingerprint density at radius 2 is 1.79 bits per heavy atom. The minimum atomic E-state index is -3.52. The average Bonchev–Trinajstić information content (AvgIpc) is 2.52. The molecule has 1 atom stereocenters. The second-order valence-corrected chi connectivity index (χ2v) is 7.70. The number of methoxy groups -OCH3 is 1. The predicted octanol–water partition coefficient (Wildman–Crippen LogP) is 1.15. The van der Waals surface area contributed by atoms with E-state index in [1.165, 1.54) is 24.3 Å². The average molecular weight is 358 g/mol. The van der Waals surface area contributed by atoms with Gasteiger partial charge >= 0.3 is 0 Å². The van der Waals surface area contributed by atoms with Crippen LogP contribution in [0.2, 0.25) is 0 Å². The zero-order valence-electron chi connectivity index (χ0n) is 14.5. The number of amides is 1. The molecule has 0 aliphatic carbocycles. The van der Waals surface area contributed by atoms with Gasteiger partial charge in [-0.3, -0.25) is 4.79 Å². The van der Waals surface area contributed by atoms with Crippen LogP contribution in [-0.2, 0) is 19.6 Å². The number of sulfonamides is 1. The summed E-state index contributed by atoms with van der Waals surface area (Å²) in [6, 6.07) is 5.84. The highest BCUT2D eigenvalue weighted by Gasteiger charge is 2.14. The van der Waals surface area contributed by atoms with Crippen molar-refractivity contribution in [2.45, 2.75) is 31.7 Å². The van der Waals surface area contributed by atoms with Crippen molar-refractivity contribution in [2.75, 3.05) is 26.9 Å². The van der Waals surface area contributed by atoms with E-state index in [9.17, 15) is 13.2 Å². The predicted molar refractivity (Wildman–Crippen MR) is 91.4 cm³/mol. The van der Waals surface area contributed by atoms with Gasteiger partial charge in [0.2, 0.25) is 10.0 Å². The Labute approximate surface area is 143 Å². The molecule has 0 saturated heterocycles. The lowest BCUT2D eigenvalue weighted by atomic mass is 10.2. The van der Waals surface area contributed by atoms with E-state index in [4.69, 9.17) is 9.47 Å². The van der Waals surface area contributed by atoms with Crippen molar-refractivity contribution in [2.24, 2.45) is 5.92 Å². The van der Waals surface area contributed by atoms with Crippen LogP contribution in [0.3, 0.4) is 0 Å². The lowest BCUT2D eigenvalue weighted by Gasteiger charge is -2.13. The van der Waals surface area contributed by atoms with Crippen LogP contribution in [0, 0.1) is 5.92 Å². The molecule has 0 spiro atoms. The fraction of sp³-hybridized carbons (Fsp3) is 0.562. The van der Waals surface area contributed by atoms with Gasteiger partial charge in [0.25, 0.3) is 5.91 Å². The minimum absolute atomic E-state index is 0.106. The summed E-state index contributed by atoms with van der Waals surface area (Å²) in [5, 5.41) is 2.72. The van der Waals surface area contributed by atoms with Gasteiger partial charge in [0.15, 0.2) is 6.61 Å². The lowest BCUT2D eigenvalue weighted by molar-refractivity contribution is -0.124. The van der Waals surface area contributed by atoms with E-state index in [1.54, 1.807) is 7.11 Å². The number of carbonyl (C=O) groups is 1. The zero-order chi connectivity index (χ0) is 18.2. The number of benzene rings is 1. The van der Waals surface area contributed by atoms with Crippen molar-refractivity contribution in [3.05, 3.63) is 24.3 Å². The largest absolute Gasteiger partial charge is 0.484 e. The molecular formula is C16H26N2O5S. The maximum Gasteiger partial charge on any atom is 0.258 e. The normalized spacial score (nSPS) is 12.9. The summed E-state index contributed by atoms with van der Waals surface area (Å²) in [5.41, 5.74) is 0. The molecule has 1 aromatic carbocycles. The third-order valence-corrected chi connectivity index (χ3v) is 4.45. The Kier molecular flexibility index (Phi) is 8.17. The van der Waals surface area contributed by atoms with Gasteiger partial charge in [-0.15, -0.1) is 0 Å². The van der Waals surface area contributed by atoms with Crippen LogP contribution in [0.5, 0.6) is 5.75 Å². The molecule has 0 saturated carbocycles. The molecule has 0 aliphatic heterocycles. The fourth-order valence-electron chi connectivity index (χ4n) is 1.83. The second kappa shape index (κ2) is 9.61. The Bertz CT molecular complexity index is 614. The standard InChI is InChI=1S/C16H26N2O5S/c1-12(2)9-17-24(20,21)15-7-5-14(6-8-15)23-11-16(19)18-13(3)10-22-4/h5-8,12-13,17H,9-11H2,1-4H3,(H,18,19)/t13-/m1/s1. The quantitative estimate of drug-likeness (QED) is 0.654. The summed E-state index contributed by atoms with van der Waals surface area (Å²) in [4.78, 5) is 11.8. The summed E-state index contributed by atoms with van der Waals surface area (Å²) in [6.07, 6.45) is 0. The second-order valence-electron chi connectivity index (χ2n) is 5.93. The monoisotopic (exact) mass is 358 g/mol. The van der Waals surface area contributed by atoms with E-state index in [2.05, 4.69) is 10.0 Å². The third-order valence-electron chi connectivity index (χ3n) is 3.01. The van der Waals surface area contributed by atoms with Gasteiger partial charge in [0, 0.05) is 19.7 Å². The van der Waals surface area contributed by atoms with Crippen LogP contribution in [0.25, 0.3) is 0 Å². The number of carbonyl (C=O) groups excluding carboxylic acids is 1. The molecule has 0 heterocycles. The first kappa shape index (κ1) is 20.4. The molecule has 1 amide bonds. The molecule has 136 valence electrons. The van der Waals surface area contributed by atoms with E-state index >= 15 is 0 Å². The van der Waals surface area contributed by atoms with Gasteiger partial charge in [0.1, 0.15) is 5.75 Å². The first-order valence-electron chi connectivity index (χ1n) is 7.75. The molecule has 1 rings (SSSR count). The molecule has 2 N–H and O–H groups in total. The number of nitrogens with one attached hydrogen (secondary N) is 2. The molecule has 0 radical (unpaired) electrons. The van der Waals surface area contributed by atoms with E-state index in [1.807, 2.05) is 20.8 Å². The maximum atomic E-state index is 12.1. The minimum Gasteiger partial charge on any atom is -0.484 e. The van der Waals surface area contributed by atoms with Gasteiger partial charge in [-0.1, -0.05) is 13.8 Å². The summed E-state index contributed by atoms with van der Waals surface area (Å²) >= 11 is 0. The van der Waals surface area contributed by atoms with Crippen LogP contribution in [-0.4, -0.2) is 47.2 Å². The van der Waals surface area contributed by atoms with Gasteiger partial charge in [0.05, 0.1) is 11.5 Å². The Morgan fingerprint density at radius 1 is 1.17 bits per heavy atom. The zero-order valence-corrected chi connectivity index (χ0v) is 15.4. The van der Waals surface area contributed by atoms with Crippen molar-refractivity contribution in [1.82, 2.24) is 10.0 Å². The van der Waals surface area contributed by atoms with E-state index < -0.39 is 10.0 Å². The molecular weight excluding hydrogens is 332 g/mol. The van der Waals surface area contributed by atoms with Crippen molar-refractivity contribution in [3.8, 4) is 5.75 Å². The van der Waals surface area contributed by atoms with Crippen molar-refractivity contribution >= 4 is 15.9 Å². The summed E-state index contributed by atoms with van der Waals surface area (Å²) < 4.78 is 36.9. The number of rotatable bonds is 10. The van der Waals surface area contributed by atoms with Gasteiger partial charge in [-0.05, 0) is 37.1 Å².